The number of thioether (sulfide) groups is 1. The Kier molecular flexibility index (Phi) is 6.29. The standard InChI is InChI=1S/C19H21NO2S/c1-14(17-9-4-5-10-18(17)22-2)11-19(21)20-16-8-6-7-15(12-16)13-23-3/h4-12H,13H2,1-3H3,(H,20,21). The van der Waals surface area contributed by atoms with E-state index in [0.29, 0.717) is 0 Å². The Morgan fingerprint density at radius 3 is 2.74 bits per heavy atom. The lowest BCUT2D eigenvalue weighted by atomic mass is 10.1. The number of ether oxygens (including phenoxy) is 1. The number of rotatable bonds is 6. The first-order valence-corrected chi connectivity index (χ1v) is 8.74. The number of carbonyl (C=O) groups is 1. The van der Waals surface area contributed by atoms with Crippen molar-refractivity contribution in [1.29, 1.82) is 0 Å². The summed E-state index contributed by atoms with van der Waals surface area (Å²) in [5.41, 5.74) is 3.79. The number of benzene rings is 2. The SMILES string of the molecule is COc1ccccc1C(C)=CC(=O)Nc1cccc(CSC)c1. The quantitative estimate of drug-likeness (QED) is 0.788. The zero-order chi connectivity index (χ0) is 16.7. The van der Waals surface area contributed by atoms with Gasteiger partial charge in [-0.2, -0.15) is 11.8 Å². The molecule has 0 radical (unpaired) electrons. The van der Waals surface area contributed by atoms with Gasteiger partial charge in [-0.3, -0.25) is 4.79 Å². The fourth-order valence-corrected chi connectivity index (χ4v) is 2.84. The average molecular weight is 327 g/mol. The van der Waals surface area contributed by atoms with Gasteiger partial charge >= 0.3 is 0 Å². The monoisotopic (exact) mass is 327 g/mol. The molecule has 0 bridgehead atoms. The summed E-state index contributed by atoms with van der Waals surface area (Å²) in [6, 6.07) is 15.6. The van der Waals surface area contributed by atoms with Crippen LogP contribution in [-0.2, 0) is 10.5 Å². The van der Waals surface area contributed by atoms with Crippen LogP contribution in [0.5, 0.6) is 5.75 Å². The van der Waals surface area contributed by atoms with Crippen molar-refractivity contribution in [2.75, 3.05) is 18.7 Å². The molecule has 23 heavy (non-hydrogen) atoms. The van der Waals surface area contributed by atoms with Crippen molar-refractivity contribution in [2.45, 2.75) is 12.7 Å². The molecule has 0 aliphatic heterocycles. The first-order valence-electron chi connectivity index (χ1n) is 7.34. The third kappa shape index (κ3) is 4.89. The van der Waals surface area contributed by atoms with Crippen molar-refractivity contribution in [3.05, 3.63) is 65.7 Å². The number of hydrogen-bond donors (Lipinski definition) is 1. The third-order valence-electron chi connectivity index (χ3n) is 3.38. The van der Waals surface area contributed by atoms with Gasteiger partial charge in [-0.15, -0.1) is 0 Å². The smallest absolute Gasteiger partial charge is 0.248 e. The van der Waals surface area contributed by atoms with Crippen LogP contribution in [0.4, 0.5) is 5.69 Å². The molecule has 0 unspecified atom stereocenters. The first-order chi connectivity index (χ1) is 11.1. The summed E-state index contributed by atoms with van der Waals surface area (Å²) in [5, 5.41) is 2.91. The normalized spacial score (nSPS) is 11.2. The van der Waals surface area contributed by atoms with E-state index < -0.39 is 0 Å². The van der Waals surface area contributed by atoms with Crippen LogP contribution in [0.15, 0.2) is 54.6 Å². The Bertz CT molecular complexity index is 710. The molecule has 120 valence electrons. The van der Waals surface area contributed by atoms with Crippen LogP contribution in [-0.4, -0.2) is 19.3 Å². The van der Waals surface area contributed by atoms with Crippen molar-refractivity contribution in [2.24, 2.45) is 0 Å². The summed E-state index contributed by atoms with van der Waals surface area (Å²) in [4.78, 5) is 12.2. The van der Waals surface area contributed by atoms with Gasteiger partial charge in [0.15, 0.2) is 0 Å². The molecule has 2 aromatic rings. The van der Waals surface area contributed by atoms with E-state index in [9.17, 15) is 4.79 Å². The molecule has 1 amide bonds. The van der Waals surface area contributed by atoms with Gasteiger partial charge in [-0.1, -0.05) is 30.3 Å². The van der Waals surface area contributed by atoms with Gasteiger partial charge in [0.05, 0.1) is 7.11 Å². The summed E-state index contributed by atoms with van der Waals surface area (Å²) in [5.74, 6) is 1.55. The second-order valence-corrected chi connectivity index (χ2v) is 6.02. The molecule has 2 rings (SSSR count). The second-order valence-electron chi connectivity index (χ2n) is 5.15. The summed E-state index contributed by atoms with van der Waals surface area (Å²) in [6.45, 7) is 1.90. The van der Waals surface area contributed by atoms with Gasteiger partial charge < -0.3 is 10.1 Å². The highest BCUT2D eigenvalue weighted by Gasteiger charge is 2.06. The third-order valence-corrected chi connectivity index (χ3v) is 4.01. The number of allylic oxidation sites excluding steroid dienone is 1. The highest BCUT2D eigenvalue weighted by Crippen LogP contribution is 2.25. The van der Waals surface area contributed by atoms with Crippen LogP contribution in [0.3, 0.4) is 0 Å². The first kappa shape index (κ1) is 17.2. The molecule has 4 heteroatoms. The molecular weight excluding hydrogens is 306 g/mol. The lowest BCUT2D eigenvalue weighted by Crippen LogP contribution is -2.08. The molecule has 0 heterocycles. The van der Waals surface area contributed by atoms with Crippen molar-refractivity contribution < 1.29 is 9.53 Å². The molecule has 0 saturated carbocycles. The van der Waals surface area contributed by atoms with Crippen LogP contribution >= 0.6 is 11.8 Å². The Morgan fingerprint density at radius 1 is 1.22 bits per heavy atom. The van der Waals surface area contributed by atoms with E-state index >= 15 is 0 Å². The highest BCUT2D eigenvalue weighted by molar-refractivity contribution is 7.97. The lowest BCUT2D eigenvalue weighted by molar-refractivity contribution is -0.111. The van der Waals surface area contributed by atoms with E-state index in [1.165, 1.54) is 5.56 Å². The number of methoxy groups -OCH3 is 1. The number of hydrogen-bond acceptors (Lipinski definition) is 3. The second kappa shape index (κ2) is 8.44. The van der Waals surface area contributed by atoms with Gasteiger partial charge in [0.2, 0.25) is 5.91 Å². The van der Waals surface area contributed by atoms with Crippen molar-refractivity contribution >= 4 is 28.9 Å². The minimum absolute atomic E-state index is 0.144. The molecule has 1 N–H and O–H groups in total. The minimum atomic E-state index is -0.144. The van der Waals surface area contributed by atoms with Crippen molar-refractivity contribution in [3.63, 3.8) is 0 Å². The average Bonchev–Trinajstić information content (AvgIpc) is 2.55. The van der Waals surface area contributed by atoms with Crippen LogP contribution in [0, 0.1) is 0 Å². The summed E-state index contributed by atoms with van der Waals surface area (Å²) in [7, 11) is 1.63. The lowest BCUT2D eigenvalue weighted by Gasteiger charge is -2.09. The van der Waals surface area contributed by atoms with Crippen molar-refractivity contribution in [3.8, 4) is 5.75 Å². The Labute approximate surface area is 141 Å². The molecule has 0 spiro atoms. The van der Waals surface area contributed by atoms with E-state index in [0.717, 1.165) is 28.3 Å². The molecule has 2 aromatic carbocycles. The van der Waals surface area contributed by atoms with E-state index in [-0.39, 0.29) is 5.91 Å². The van der Waals surface area contributed by atoms with E-state index in [1.54, 1.807) is 24.9 Å². The summed E-state index contributed by atoms with van der Waals surface area (Å²) < 4.78 is 5.33. The molecule has 0 aromatic heterocycles. The fourth-order valence-electron chi connectivity index (χ4n) is 2.33. The van der Waals surface area contributed by atoms with Gasteiger partial charge in [-0.25, -0.2) is 0 Å². The number of anilines is 1. The molecular formula is C19H21NO2S. The fraction of sp³-hybridized carbons (Fsp3) is 0.211. The number of carbonyl (C=O) groups excluding carboxylic acids is 1. The van der Waals surface area contributed by atoms with E-state index in [2.05, 4.69) is 17.6 Å². The van der Waals surface area contributed by atoms with Gasteiger partial charge in [0.1, 0.15) is 5.75 Å². The Morgan fingerprint density at radius 2 is 2.00 bits per heavy atom. The van der Waals surface area contributed by atoms with Crippen LogP contribution in [0.25, 0.3) is 5.57 Å². The summed E-state index contributed by atoms with van der Waals surface area (Å²) in [6.07, 6.45) is 3.66. The zero-order valence-corrected chi connectivity index (χ0v) is 14.4. The molecule has 0 aliphatic carbocycles. The maximum atomic E-state index is 12.2. The Balaban J connectivity index is 2.13. The molecule has 0 saturated heterocycles. The van der Waals surface area contributed by atoms with Gasteiger partial charge in [-0.05, 0) is 42.5 Å². The van der Waals surface area contributed by atoms with Gasteiger partial charge in [0, 0.05) is 23.1 Å². The summed E-state index contributed by atoms with van der Waals surface area (Å²) >= 11 is 1.76. The molecule has 0 fully saturated rings. The zero-order valence-electron chi connectivity index (χ0n) is 13.6. The van der Waals surface area contributed by atoms with Crippen molar-refractivity contribution in [1.82, 2.24) is 0 Å². The number of para-hydroxylation sites is 1. The topological polar surface area (TPSA) is 38.3 Å². The van der Waals surface area contributed by atoms with Crippen LogP contribution in [0.2, 0.25) is 0 Å². The van der Waals surface area contributed by atoms with Crippen LogP contribution in [0.1, 0.15) is 18.1 Å². The molecule has 0 aliphatic rings. The van der Waals surface area contributed by atoms with E-state index in [4.69, 9.17) is 4.74 Å². The largest absolute Gasteiger partial charge is 0.496 e. The number of nitrogens with one attached hydrogen (secondary N) is 1. The molecule has 0 atom stereocenters. The van der Waals surface area contributed by atoms with E-state index in [1.807, 2.05) is 49.4 Å². The maximum Gasteiger partial charge on any atom is 0.248 e. The van der Waals surface area contributed by atoms with Gasteiger partial charge in [0.25, 0.3) is 0 Å². The predicted octanol–water partition coefficient (Wildman–Crippen LogP) is 4.60. The minimum Gasteiger partial charge on any atom is -0.496 e. The predicted molar refractivity (Wildman–Crippen MR) is 98.9 cm³/mol. The maximum absolute atomic E-state index is 12.2. The van der Waals surface area contributed by atoms with Crippen LogP contribution < -0.4 is 10.1 Å². The highest BCUT2D eigenvalue weighted by atomic mass is 32.2. The Hall–Kier alpha value is -2.20. The number of amides is 1. The molecule has 3 nitrogen and oxygen atoms in total.